The summed E-state index contributed by atoms with van der Waals surface area (Å²) in [6.45, 7) is 3.33. The van der Waals surface area contributed by atoms with Crippen molar-refractivity contribution >= 4 is 22.5 Å². The van der Waals surface area contributed by atoms with Crippen molar-refractivity contribution in [2.45, 2.75) is 51.6 Å². The van der Waals surface area contributed by atoms with Crippen molar-refractivity contribution in [3.63, 3.8) is 0 Å². The first-order valence-electron chi connectivity index (χ1n) is 7.71. The van der Waals surface area contributed by atoms with Gasteiger partial charge in [-0.25, -0.2) is 0 Å². The van der Waals surface area contributed by atoms with Crippen LogP contribution in [0.2, 0.25) is 5.02 Å². The maximum Gasteiger partial charge on any atom is 0.0472 e. The van der Waals surface area contributed by atoms with Gasteiger partial charge in [-0.3, -0.25) is 0 Å². The molecule has 3 rings (SSSR count). The van der Waals surface area contributed by atoms with E-state index in [1.165, 1.54) is 43.1 Å². The smallest absolute Gasteiger partial charge is 0.0472 e. The van der Waals surface area contributed by atoms with E-state index in [0.717, 1.165) is 23.0 Å². The number of benzene rings is 1. The van der Waals surface area contributed by atoms with Crippen LogP contribution in [0.1, 0.15) is 44.6 Å². The van der Waals surface area contributed by atoms with Crippen molar-refractivity contribution in [1.82, 2.24) is 10.3 Å². The number of hydrogen-bond acceptors (Lipinski definition) is 1. The molecule has 1 aliphatic carbocycles. The molecule has 108 valence electrons. The van der Waals surface area contributed by atoms with Crippen molar-refractivity contribution in [2.24, 2.45) is 5.92 Å². The fourth-order valence-electron chi connectivity index (χ4n) is 3.25. The number of aromatic nitrogens is 1. The summed E-state index contributed by atoms with van der Waals surface area (Å²) in [5, 5.41) is 5.81. The summed E-state index contributed by atoms with van der Waals surface area (Å²) in [5.41, 5.74) is 2.47. The number of aromatic amines is 1. The number of rotatable bonds is 3. The van der Waals surface area contributed by atoms with Crippen LogP contribution in [-0.2, 0) is 6.54 Å². The summed E-state index contributed by atoms with van der Waals surface area (Å²) in [6, 6.07) is 6.75. The molecule has 2 nitrogen and oxygen atoms in total. The number of halogens is 1. The quantitative estimate of drug-likeness (QED) is 0.775. The molecule has 1 fully saturated rings. The zero-order chi connectivity index (χ0) is 13.9. The lowest BCUT2D eigenvalue weighted by molar-refractivity contribution is 0.448. The molecule has 20 heavy (non-hydrogen) atoms. The zero-order valence-corrected chi connectivity index (χ0v) is 12.8. The normalized spacial score (nSPS) is 23.9. The SMILES string of the molecule is CC1CCCC(NCc2c[nH]c3cc(Cl)ccc23)CC1. The van der Waals surface area contributed by atoms with Gasteiger partial charge in [0.25, 0.3) is 0 Å². The van der Waals surface area contributed by atoms with E-state index >= 15 is 0 Å². The van der Waals surface area contributed by atoms with Crippen LogP contribution in [-0.4, -0.2) is 11.0 Å². The standard InChI is InChI=1S/C17H23ClN2/c1-12-3-2-4-15(7-5-12)19-10-13-11-20-17-9-14(18)6-8-16(13)17/h6,8-9,11-12,15,19-20H,2-5,7,10H2,1H3. The molecule has 0 saturated heterocycles. The lowest BCUT2D eigenvalue weighted by Gasteiger charge is -2.16. The topological polar surface area (TPSA) is 27.8 Å². The predicted octanol–water partition coefficient (Wildman–Crippen LogP) is 4.88. The fraction of sp³-hybridized carbons (Fsp3) is 0.529. The van der Waals surface area contributed by atoms with Gasteiger partial charge in [0.15, 0.2) is 0 Å². The van der Waals surface area contributed by atoms with E-state index in [1.807, 2.05) is 12.1 Å². The Morgan fingerprint density at radius 2 is 2.15 bits per heavy atom. The van der Waals surface area contributed by atoms with Gasteiger partial charge in [-0.05, 0) is 42.9 Å². The first-order valence-corrected chi connectivity index (χ1v) is 8.09. The highest BCUT2D eigenvalue weighted by molar-refractivity contribution is 6.31. The van der Waals surface area contributed by atoms with E-state index in [9.17, 15) is 0 Å². The molecule has 3 heteroatoms. The van der Waals surface area contributed by atoms with Crippen LogP contribution in [0.3, 0.4) is 0 Å². The van der Waals surface area contributed by atoms with E-state index in [-0.39, 0.29) is 0 Å². The second-order valence-electron chi connectivity index (χ2n) is 6.20. The molecule has 0 amide bonds. The van der Waals surface area contributed by atoms with Crippen LogP contribution in [0, 0.1) is 5.92 Å². The molecule has 1 heterocycles. The highest BCUT2D eigenvalue weighted by atomic mass is 35.5. The molecular formula is C17H23ClN2. The number of nitrogens with one attached hydrogen (secondary N) is 2. The van der Waals surface area contributed by atoms with Crippen LogP contribution in [0.5, 0.6) is 0 Å². The molecule has 0 aliphatic heterocycles. The molecule has 2 aromatic rings. The molecular weight excluding hydrogens is 268 g/mol. The Kier molecular flexibility index (Phi) is 4.32. The Morgan fingerprint density at radius 1 is 1.25 bits per heavy atom. The highest BCUT2D eigenvalue weighted by Gasteiger charge is 2.16. The van der Waals surface area contributed by atoms with E-state index in [4.69, 9.17) is 11.6 Å². The molecule has 0 spiro atoms. The van der Waals surface area contributed by atoms with Gasteiger partial charge in [-0.2, -0.15) is 0 Å². The average Bonchev–Trinajstić information content (AvgIpc) is 2.71. The first kappa shape index (κ1) is 14.0. The Morgan fingerprint density at radius 3 is 3.05 bits per heavy atom. The summed E-state index contributed by atoms with van der Waals surface area (Å²) in [7, 11) is 0. The molecule has 1 aliphatic rings. The van der Waals surface area contributed by atoms with Crippen molar-refractivity contribution in [3.05, 3.63) is 35.0 Å². The van der Waals surface area contributed by atoms with Gasteiger partial charge in [0.1, 0.15) is 0 Å². The van der Waals surface area contributed by atoms with E-state index in [2.05, 4.69) is 29.5 Å². The summed E-state index contributed by atoms with van der Waals surface area (Å²) in [6.07, 6.45) is 8.86. The predicted molar refractivity (Wildman–Crippen MR) is 86.2 cm³/mol. The second kappa shape index (κ2) is 6.19. The average molecular weight is 291 g/mol. The fourth-order valence-corrected chi connectivity index (χ4v) is 3.42. The third kappa shape index (κ3) is 3.18. The number of H-pyrrole nitrogens is 1. The Hall–Kier alpha value is -0.990. The van der Waals surface area contributed by atoms with Gasteiger partial charge >= 0.3 is 0 Å². The lowest BCUT2D eigenvalue weighted by Crippen LogP contribution is -2.27. The summed E-state index contributed by atoms with van der Waals surface area (Å²) in [4.78, 5) is 3.31. The van der Waals surface area contributed by atoms with Crippen LogP contribution >= 0.6 is 11.6 Å². The minimum absolute atomic E-state index is 0.678. The summed E-state index contributed by atoms with van der Waals surface area (Å²) >= 11 is 6.02. The highest BCUT2D eigenvalue weighted by Crippen LogP contribution is 2.24. The summed E-state index contributed by atoms with van der Waals surface area (Å²) in [5.74, 6) is 0.900. The molecule has 2 atom stereocenters. The minimum Gasteiger partial charge on any atom is -0.361 e. The van der Waals surface area contributed by atoms with Gasteiger partial charge in [0, 0.05) is 34.7 Å². The molecule has 1 saturated carbocycles. The third-order valence-electron chi connectivity index (χ3n) is 4.57. The van der Waals surface area contributed by atoms with Gasteiger partial charge in [0.05, 0.1) is 0 Å². The minimum atomic E-state index is 0.678. The maximum absolute atomic E-state index is 6.02. The lowest BCUT2D eigenvalue weighted by atomic mass is 10.0. The molecule has 1 aromatic carbocycles. The van der Waals surface area contributed by atoms with E-state index in [1.54, 1.807) is 0 Å². The van der Waals surface area contributed by atoms with Crippen molar-refractivity contribution < 1.29 is 0 Å². The number of hydrogen-bond donors (Lipinski definition) is 2. The molecule has 1 aromatic heterocycles. The Bertz CT molecular complexity index is 575. The van der Waals surface area contributed by atoms with Gasteiger partial charge in [-0.15, -0.1) is 0 Å². The molecule has 2 N–H and O–H groups in total. The van der Waals surface area contributed by atoms with Crippen LogP contribution in [0.15, 0.2) is 24.4 Å². The zero-order valence-electron chi connectivity index (χ0n) is 12.1. The van der Waals surface area contributed by atoms with Crippen LogP contribution in [0.4, 0.5) is 0 Å². The monoisotopic (exact) mass is 290 g/mol. The van der Waals surface area contributed by atoms with Gasteiger partial charge in [-0.1, -0.05) is 37.4 Å². The Balaban J connectivity index is 1.65. The summed E-state index contributed by atoms with van der Waals surface area (Å²) < 4.78 is 0. The Labute approximate surface area is 125 Å². The van der Waals surface area contributed by atoms with Crippen molar-refractivity contribution in [3.8, 4) is 0 Å². The maximum atomic E-state index is 6.02. The number of fused-ring (bicyclic) bond motifs is 1. The van der Waals surface area contributed by atoms with Gasteiger partial charge in [0.2, 0.25) is 0 Å². The van der Waals surface area contributed by atoms with Crippen molar-refractivity contribution in [1.29, 1.82) is 0 Å². The van der Waals surface area contributed by atoms with Crippen molar-refractivity contribution in [2.75, 3.05) is 0 Å². The van der Waals surface area contributed by atoms with Crippen LogP contribution < -0.4 is 5.32 Å². The third-order valence-corrected chi connectivity index (χ3v) is 4.80. The van der Waals surface area contributed by atoms with Crippen LogP contribution in [0.25, 0.3) is 10.9 Å². The molecule has 0 radical (unpaired) electrons. The van der Waals surface area contributed by atoms with E-state index in [0.29, 0.717) is 6.04 Å². The molecule has 2 unspecified atom stereocenters. The van der Waals surface area contributed by atoms with Gasteiger partial charge < -0.3 is 10.3 Å². The second-order valence-corrected chi connectivity index (χ2v) is 6.63. The molecule has 0 bridgehead atoms. The van der Waals surface area contributed by atoms with E-state index < -0.39 is 0 Å². The first-order chi connectivity index (χ1) is 9.72. The largest absolute Gasteiger partial charge is 0.361 e.